The summed E-state index contributed by atoms with van der Waals surface area (Å²) >= 11 is 6.26. The standard InChI is InChI=1S/C14H22ClN3/c1-2-3-9-18(11-12-5-4-7-17-12)14-6-8-16-10-13(14)15/h6,8,10,12,17H,2-5,7,9,11H2,1H3. The molecule has 4 heteroatoms. The zero-order valence-corrected chi connectivity index (χ0v) is 11.8. The predicted octanol–water partition coefficient (Wildman–Crippen LogP) is 3.09. The lowest BCUT2D eigenvalue weighted by Gasteiger charge is -2.28. The Morgan fingerprint density at radius 3 is 3.11 bits per heavy atom. The molecule has 1 atom stereocenters. The molecule has 100 valence electrons. The lowest BCUT2D eigenvalue weighted by atomic mass is 10.2. The number of hydrogen-bond acceptors (Lipinski definition) is 3. The molecule has 1 N–H and O–H groups in total. The topological polar surface area (TPSA) is 28.2 Å². The van der Waals surface area contributed by atoms with Crippen molar-refractivity contribution in [3.05, 3.63) is 23.5 Å². The number of unbranched alkanes of at least 4 members (excludes halogenated alkanes) is 1. The Balaban J connectivity index is 2.06. The summed E-state index contributed by atoms with van der Waals surface area (Å²) in [6.07, 6.45) is 8.52. The van der Waals surface area contributed by atoms with Gasteiger partial charge in [-0.25, -0.2) is 0 Å². The third kappa shape index (κ3) is 3.59. The maximum atomic E-state index is 6.26. The van der Waals surface area contributed by atoms with Crippen molar-refractivity contribution in [1.82, 2.24) is 10.3 Å². The van der Waals surface area contributed by atoms with Crippen LogP contribution in [0.25, 0.3) is 0 Å². The number of hydrogen-bond donors (Lipinski definition) is 1. The fourth-order valence-electron chi connectivity index (χ4n) is 2.46. The van der Waals surface area contributed by atoms with E-state index in [1.165, 1.54) is 25.7 Å². The largest absolute Gasteiger partial charge is 0.369 e. The van der Waals surface area contributed by atoms with E-state index in [9.17, 15) is 0 Å². The molecule has 3 nitrogen and oxygen atoms in total. The molecule has 0 spiro atoms. The van der Waals surface area contributed by atoms with Crippen LogP contribution in [0.15, 0.2) is 18.5 Å². The second-order valence-electron chi connectivity index (χ2n) is 4.92. The maximum absolute atomic E-state index is 6.26. The van der Waals surface area contributed by atoms with Crippen LogP contribution in [0.3, 0.4) is 0 Å². The smallest absolute Gasteiger partial charge is 0.0822 e. The van der Waals surface area contributed by atoms with Gasteiger partial charge in [-0.1, -0.05) is 24.9 Å². The average Bonchev–Trinajstić information content (AvgIpc) is 2.88. The molecule has 18 heavy (non-hydrogen) atoms. The first kappa shape index (κ1) is 13.6. The minimum atomic E-state index is 0.603. The van der Waals surface area contributed by atoms with Crippen LogP contribution in [-0.2, 0) is 0 Å². The summed E-state index contributed by atoms with van der Waals surface area (Å²) in [7, 11) is 0. The fourth-order valence-corrected chi connectivity index (χ4v) is 2.70. The van der Waals surface area contributed by atoms with E-state index >= 15 is 0 Å². The highest BCUT2D eigenvalue weighted by Crippen LogP contribution is 2.25. The second kappa shape index (κ2) is 6.95. The SMILES string of the molecule is CCCCN(CC1CCCN1)c1ccncc1Cl. The van der Waals surface area contributed by atoms with Crippen molar-refractivity contribution < 1.29 is 0 Å². The van der Waals surface area contributed by atoms with Crippen LogP contribution < -0.4 is 10.2 Å². The van der Waals surface area contributed by atoms with E-state index in [0.717, 1.165) is 30.3 Å². The van der Waals surface area contributed by atoms with Crippen LogP contribution in [-0.4, -0.2) is 30.7 Å². The van der Waals surface area contributed by atoms with Crippen LogP contribution in [0.2, 0.25) is 5.02 Å². The van der Waals surface area contributed by atoms with E-state index < -0.39 is 0 Å². The van der Waals surface area contributed by atoms with Gasteiger partial charge in [0.05, 0.1) is 10.7 Å². The Labute approximate surface area is 115 Å². The third-order valence-corrected chi connectivity index (χ3v) is 3.77. The normalized spacial score (nSPS) is 19.1. The molecule has 0 saturated carbocycles. The van der Waals surface area contributed by atoms with E-state index in [0.29, 0.717) is 6.04 Å². The highest BCUT2D eigenvalue weighted by molar-refractivity contribution is 6.33. The summed E-state index contributed by atoms with van der Waals surface area (Å²) in [5.41, 5.74) is 1.12. The number of nitrogens with zero attached hydrogens (tertiary/aromatic N) is 2. The Hall–Kier alpha value is -0.800. The third-order valence-electron chi connectivity index (χ3n) is 3.48. The molecule has 1 saturated heterocycles. The van der Waals surface area contributed by atoms with Crippen molar-refractivity contribution >= 4 is 17.3 Å². The Kier molecular flexibility index (Phi) is 5.26. The van der Waals surface area contributed by atoms with Gasteiger partial charge >= 0.3 is 0 Å². The van der Waals surface area contributed by atoms with Crippen molar-refractivity contribution in [3.8, 4) is 0 Å². The van der Waals surface area contributed by atoms with E-state index in [2.05, 4.69) is 22.1 Å². The number of halogens is 1. The van der Waals surface area contributed by atoms with E-state index in [4.69, 9.17) is 11.6 Å². The quantitative estimate of drug-likeness (QED) is 0.859. The summed E-state index contributed by atoms with van der Waals surface area (Å²) in [4.78, 5) is 6.46. The molecular formula is C14H22ClN3. The van der Waals surface area contributed by atoms with Gasteiger partial charge in [-0.15, -0.1) is 0 Å². The van der Waals surface area contributed by atoms with Gasteiger partial charge in [-0.05, 0) is 31.9 Å². The highest BCUT2D eigenvalue weighted by Gasteiger charge is 2.19. The Morgan fingerprint density at radius 2 is 2.44 bits per heavy atom. The minimum absolute atomic E-state index is 0.603. The van der Waals surface area contributed by atoms with Crippen LogP contribution in [0.1, 0.15) is 32.6 Å². The van der Waals surface area contributed by atoms with Crippen LogP contribution in [0.4, 0.5) is 5.69 Å². The van der Waals surface area contributed by atoms with Crippen molar-refractivity contribution in [2.24, 2.45) is 0 Å². The van der Waals surface area contributed by atoms with Gasteiger partial charge < -0.3 is 10.2 Å². The van der Waals surface area contributed by atoms with Crippen LogP contribution in [0.5, 0.6) is 0 Å². The summed E-state index contributed by atoms with van der Waals surface area (Å²) in [5.74, 6) is 0. The molecular weight excluding hydrogens is 246 g/mol. The van der Waals surface area contributed by atoms with Gasteiger partial charge in [0.1, 0.15) is 0 Å². The van der Waals surface area contributed by atoms with Crippen molar-refractivity contribution in [3.63, 3.8) is 0 Å². The zero-order valence-electron chi connectivity index (χ0n) is 11.0. The van der Waals surface area contributed by atoms with Gasteiger partial charge in [0.15, 0.2) is 0 Å². The van der Waals surface area contributed by atoms with Crippen LogP contribution in [0, 0.1) is 0 Å². The molecule has 0 bridgehead atoms. The fraction of sp³-hybridized carbons (Fsp3) is 0.643. The summed E-state index contributed by atoms with van der Waals surface area (Å²) < 4.78 is 0. The van der Waals surface area contributed by atoms with Crippen molar-refractivity contribution in [2.45, 2.75) is 38.6 Å². The van der Waals surface area contributed by atoms with Gasteiger partial charge in [0.25, 0.3) is 0 Å². The minimum Gasteiger partial charge on any atom is -0.369 e. The molecule has 0 radical (unpaired) electrons. The monoisotopic (exact) mass is 267 g/mol. The molecule has 2 heterocycles. The van der Waals surface area contributed by atoms with Gasteiger partial charge in [0, 0.05) is 31.5 Å². The molecule has 1 aromatic rings. The maximum Gasteiger partial charge on any atom is 0.0822 e. The van der Waals surface area contributed by atoms with Crippen molar-refractivity contribution in [2.75, 3.05) is 24.5 Å². The second-order valence-corrected chi connectivity index (χ2v) is 5.33. The zero-order chi connectivity index (χ0) is 12.8. The predicted molar refractivity (Wildman–Crippen MR) is 77.4 cm³/mol. The van der Waals surface area contributed by atoms with Gasteiger partial charge in [-0.3, -0.25) is 4.98 Å². The summed E-state index contributed by atoms with van der Waals surface area (Å²) in [6, 6.07) is 2.62. The summed E-state index contributed by atoms with van der Waals surface area (Å²) in [5, 5.41) is 4.31. The lowest BCUT2D eigenvalue weighted by molar-refractivity contribution is 0.572. The Morgan fingerprint density at radius 1 is 1.56 bits per heavy atom. The number of aromatic nitrogens is 1. The molecule has 0 aromatic carbocycles. The van der Waals surface area contributed by atoms with E-state index in [1.54, 1.807) is 6.20 Å². The number of rotatable bonds is 6. The molecule has 2 rings (SSSR count). The lowest BCUT2D eigenvalue weighted by Crippen LogP contribution is -2.38. The first-order valence-corrected chi connectivity index (χ1v) is 7.27. The highest BCUT2D eigenvalue weighted by atomic mass is 35.5. The van der Waals surface area contributed by atoms with Gasteiger partial charge in [-0.2, -0.15) is 0 Å². The molecule has 1 aliphatic heterocycles. The average molecular weight is 268 g/mol. The number of nitrogens with one attached hydrogen (secondary N) is 1. The van der Waals surface area contributed by atoms with Crippen LogP contribution >= 0.6 is 11.6 Å². The molecule has 0 aliphatic carbocycles. The molecule has 0 amide bonds. The first-order chi connectivity index (χ1) is 8.81. The molecule has 1 unspecified atom stereocenters. The first-order valence-electron chi connectivity index (χ1n) is 6.89. The van der Waals surface area contributed by atoms with E-state index in [1.807, 2.05) is 12.3 Å². The van der Waals surface area contributed by atoms with E-state index in [-0.39, 0.29) is 0 Å². The number of anilines is 1. The van der Waals surface area contributed by atoms with Gasteiger partial charge in [0.2, 0.25) is 0 Å². The molecule has 1 aromatic heterocycles. The molecule has 1 fully saturated rings. The number of pyridine rings is 1. The Bertz CT molecular complexity index is 364. The summed E-state index contributed by atoms with van der Waals surface area (Å²) in [6.45, 7) is 5.48. The van der Waals surface area contributed by atoms with Crippen molar-refractivity contribution in [1.29, 1.82) is 0 Å². The molecule has 1 aliphatic rings.